The smallest absolute Gasteiger partial charge is 0.208 e. The molecule has 0 unspecified atom stereocenters. The second-order valence-corrected chi connectivity index (χ2v) is 7.23. The van der Waals surface area contributed by atoms with Crippen LogP contribution in [0.25, 0.3) is 0 Å². The summed E-state index contributed by atoms with van der Waals surface area (Å²) in [6.45, 7) is 5.16. The van der Waals surface area contributed by atoms with E-state index in [1.807, 2.05) is 6.07 Å². The van der Waals surface area contributed by atoms with Crippen LogP contribution in [-0.4, -0.2) is 81.9 Å². The summed E-state index contributed by atoms with van der Waals surface area (Å²) in [5, 5.41) is 7.10. The van der Waals surface area contributed by atoms with Gasteiger partial charge in [-0.05, 0) is 0 Å². The van der Waals surface area contributed by atoms with Crippen LogP contribution < -0.4 is 10.0 Å². The van der Waals surface area contributed by atoms with E-state index >= 15 is 0 Å². The standard InChI is InChI=1S/C13H24N6O3S/c1-14-13(15-4-5-16-23(2,20)21)19-8-6-18(7-9-19)11-12-3-10-22-17-12/h3,10,16H,4-9,11H2,1-2H3,(H,14,15). The molecule has 1 aromatic heterocycles. The van der Waals surface area contributed by atoms with E-state index in [0.29, 0.717) is 13.1 Å². The molecule has 1 aliphatic heterocycles. The Kier molecular flexibility index (Phi) is 6.37. The topological polar surface area (TPSA) is 103 Å². The van der Waals surface area contributed by atoms with Gasteiger partial charge in [-0.25, -0.2) is 13.1 Å². The predicted octanol–water partition coefficient (Wildman–Crippen LogP) is -1.08. The summed E-state index contributed by atoms with van der Waals surface area (Å²) in [6.07, 6.45) is 2.73. The van der Waals surface area contributed by atoms with Crippen LogP contribution in [0.1, 0.15) is 5.69 Å². The Morgan fingerprint density at radius 3 is 2.65 bits per heavy atom. The van der Waals surface area contributed by atoms with Crippen LogP contribution in [0, 0.1) is 0 Å². The number of hydrogen-bond donors (Lipinski definition) is 2. The Balaban J connectivity index is 1.72. The van der Waals surface area contributed by atoms with E-state index in [4.69, 9.17) is 4.52 Å². The predicted molar refractivity (Wildman–Crippen MR) is 87.6 cm³/mol. The largest absolute Gasteiger partial charge is 0.364 e. The fourth-order valence-electron chi connectivity index (χ4n) is 2.41. The van der Waals surface area contributed by atoms with Crippen molar-refractivity contribution < 1.29 is 12.9 Å². The Hall–Kier alpha value is -1.65. The maximum Gasteiger partial charge on any atom is 0.208 e. The van der Waals surface area contributed by atoms with Gasteiger partial charge < -0.3 is 14.7 Å². The molecule has 0 amide bonds. The minimum Gasteiger partial charge on any atom is -0.364 e. The number of piperazine rings is 1. The highest BCUT2D eigenvalue weighted by Gasteiger charge is 2.20. The Labute approximate surface area is 136 Å². The summed E-state index contributed by atoms with van der Waals surface area (Å²) in [5.74, 6) is 0.793. The van der Waals surface area contributed by atoms with Gasteiger partial charge in [0, 0.05) is 58.9 Å². The van der Waals surface area contributed by atoms with E-state index in [2.05, 4.69) is 30.0 Å². The normalized spacial score (nSPS) is 17.5. The molecule has 2 heterocycles. The van der Waals surface area contributed by atoms with Gasteiger partial charge in [-0.2, -0.15) is 0 Å². The molecule has 0 radical (unpaired) electrons. The van der Waals surface area contributed by atoms with Crippen molar-refractivity contribution in [2.75, 3.05) is 52.6 Å². The van der Waals surface area contributed by atoms with Crippen LogP contribution in [0.3, 0.4) is 0 Å². The Bertz CT molecular complexity index is 593. The SMILES string of the molecule is CN=C(NCCNS(C)(=O)=O)N1CCN(Cc2ccon2)CC1. The summed E-state index contributed by atoms with van der Waals surface area (Å²) in [7, 11) is -1.42. The average molecular weight is 344 g/mol. The molecule has 10 heteroatoms. The lowest BCUT2D eigenvalue weighted by atomic mass is 10.3. The zero-order valence-corrected chi connectivity index (χ0v) is 14.3. The van der Waals surface area contributed by atoms with Crippen LogP contribution in [0.15, 0.2) is 21.8 Å². The molecule has 1 saturated heterocycles. The van der Waals surface area contributed by atoms with Gasteiger partial charge in [-0.3, -0.25) is 9.89 Å². The van der Waals surface area contributed by atoms with Gasteiger partial charge in [-0.1, -0.05) is 5.16 Å². The summed E-state index contributed by atoms with van der Waals surface area (Å²) in [4.78, 5) is 8.73. The fraction of sp³-hybridized carbons (Fsp3) is 0.692. The first-order chi connectivity index (χ1) is 11.0. The van der Waals surface area contributed by atoms with Crippen LogP contribution in [0.2, 0.25) is 0 Å². The van der Waals surface area contributed by atoms with Gasteiger partial charge in [0.25, 0.3) is 0 Å². The first-order valence-corrected chi connectivity index (χ1v) is 9.39. The van der Waals surface area contributed by atoms with Crippen molar-refractivity contribution >= 4 is 16.0 Å². The third kappa shape index (κ3) is 6.16. The van der Waals surface area contributed by atoms with Crippen molar-refractivity contribution in [2.24, 2.45) is 4.99 Å². The van der Waals surface area contributed by atoms with E-state index < -0.39 is 10.0 Å². The Morgan fingerprint density at radius 2 is 2.09 bits per heavy atom. The summed E-state index contributed by atoms with van der Waals surface area (Å²) in [5.41, 5.74) is 0.938. The quantitative estimate of drug-likeness (QED) is 0.384. The average Bonchev–Trinajstić information content (AvgIpc) is 3.00. The van der Waals surface area contributed by atoms with Gasteiger partial charge in [0.05, 0.1) is 11.9 Å². The molecule has 2 rings (SSSR count). The molecule has 0 saturated carbocycles. The molecule has 2 N–H and O–H groups in total. The molecule has 0 aliphatic carbocycles. The number of aromatic nitrogens is 1. The van der Waals surface area contributed by atoms with Gasteiger partial charge in [-0.15, -0.1) is 0 Å². The highest BCUT2D eigenvalue weighted by molar-refractivity contribution is 7.88. The fourth-order valence-corrected chi connectivity index (χ4v) is 2.88. The van der Waals surface area contributed by atoms with Crippen molar-refractivity contribution in [2.45, 2.75) is 6.54 Å². The molecule has 0 spiro atoms. The zero-order valence-electron chi connectivity index (χ0n) is 13.5. The number of nitrogens with zero attached hydrogens (tertiary/aromatic N) is 4. The number of nitrogens with one attached hydrogen (secondary N) is 2. The van der Waals surface area contributed by atoms with E-state index in [1.54, 1.807) is 13.3 Å². The highest BCUT2D eigenvalue weighted by Crippen LogP contribution is 2.07. The maximum atomic E-state index is 11.0. The summed E-state index contributed by atoms with van der Waals surface area (Å²) in [6, 6.07) is 1.88. The second kappa shape index (κ2) is 8.27. The second-order valence-electron chi connectivity index (χ2n) is 5.39. The minimum absolute atomic E-state index is 0.337. The van der Waals surface area contributed by atoms with Gasteiger partial charge in [0.15, 0.2) is 5.96 Å². The van der Waals surface area contributed by atoms with Gasteiger partial charge in [0.1, 0.15) is 6.26 Å². The number of aliphatic imine (C=N–C) groups is 1. The molecule has 1 aromatic rings. The lowest BCUT2D eigenvalue weighted by Gasteiger charge is -2.36. The number of sulfonamides is 1. The third-order valence-corrected chi connectivity index (χ3v) is 4.26. The monoisotopic (exact) mass is 344 g/mol. The van der Waals surface area contributed by atoms with Crippen molar-refractivity contribution in [3.63, 3.8) is 0 Å². The van der Waals surface area contributed by atoms with Crippen LogP contribution in [0.4, 0.5) is 0 Å². The highest BCUT2D eigenvalue weighted by atomic mass is 32.2. The molecule has 1 fully saturated rings. The molecule has 0 aromatic carbocycles. The minimum atomic E-state index is -3.15. The molecule has 130 valence electrons. The van der Waals surface area contributed by atoms with Crippen LogP contribution in [-0.2, 0) is 16.6 Å². The number of rotatable bonds is 6. The molecular weight excluding hydrogens is 320 g/mol. The third-order valence-electron chi connectivity index (χ3n) is 3.53. The van der Waals surface area contributed by atoms with E-state index in [1.165, 1.54) is 0 Å². The maximum absolute atomic E-state index is 11.0. The van der Waals surface area contributed by atoms with Crippen molar-refractivity contribution in [1.82, 2.24) is 25.0 Å². The van der Waals surface area contributed by atoms with Crippen LogP contribution in [0.5, 0.6) is 0 Å². The lowest BCUT2D eigenvalue weighted by molar-refractivity contribution is 0.169. The zero-order chi connectivity index (χ0) is 16.7. The van der Waals surface area contributed by atoms with Gasteiger partial charge in [0.2, 0.25) is 10.0 Å². The molecular formula is C13H24N6O3S. The first kappa shape index (κ1) is 17.7. The molecule has 23 heavy (non-hydrogen) atoms. The van der Waals surface area contributed by atoms with Crippen molar-refractivity contribution in [3.8, 4) is 0 Å². The van der Waals surface area contributed by atoms with Crippen molar-refractivity contribution in [3.05, 3.63) is 18.0 Å². The first-order valence-electron chi connectivity index (χ1n) is 7.50. The van der Waals surface area contributed by atoms with Crippen LogP contribution >= 0.6 is 0 Å². The van der Waals surface area contributed by atoms with E-state index in [-0.39, 0.29) is 0 Å². The number of hydrogen-bond acceptors (Lipinski definition) is 6. The number of guanidine groups is 1. The van der Waals surface area contributed by atoms with E-state index in [0.717, 1.165) is 50.6 Å². The summed E-state index contributed by atoms with van der Waals surface area (Å²) < 4.78 is 29.3. The Morgan fingerprint density at radius 1 is 1.35 bits per heavy atom. The van der Waals surface area contributed by atoms with E-state index in [9.17, 15) is 8.42 Å². The molecule has 0 atom stereocenters. The van der Waals surface area contributed by atoms with Gasteiger partial charge >= 0.3 is 0 Å². The molecule has 0 bridgehead atoms. The van der Waals surface area contributed by atoms with Crippen molar-refractivity contribution in [1.29, 1.82) is 0 Å². The molecule has 9 nitrogen and oxygen atoms in total. The lowest BCUT2D eigenvalue weighted by Crippen LogP contribution is -2.52. The molecule has 1 aliphatic rings. The summed E-state index contributed by atoms with van der Waals surface area (Å²) >= 11 is 0.